The molecule has 0 saturated carbocycles. The number of rotatable bonds is 5. The van der Waals surface area contributed by atoms with Gasteiger partial charge in [0.05, 0.1) is 11.6 Å². The molecule has 5 aromatic rings. The van der Waals surface area contributed by atoms with E-state index >= 15 is 0 Å². The number of para-hydroxylation sites is 1. The average molecular weight is 418 g/mol. The van der Waals surface area contributed by atoms with E-state index in [2.05, 4.69) is 30.8 Å². The number of benzene rings is 1. The van der Waals surface area contributed by atoms with E-state index < -0.39 is 12.0 Å². The van der Waals surface area contributed by atoms with Crippen LogP contribution in [0.1, 0.15) is 0 Å². The summed E-state index contributed by atoms with van der Waals surface area (Å²) in [6.45, 7) is -0.348. The van der Waals surface area contributed by atoms with Crippen LogP contribution >= 0.6 is 0 Å². The lowest BCUT2D eigenvalue weighted by Gasteiger charge is -2.07. The van der Waals surface area contributed by atoms with Crippen molar-refractivity contribution >= 4 is 40.3 Å². The number of aliphatic carboxylic acids is 1. The maximum Gasteiger partial charge on any atom is 0.326 e. The molecule has 0 bridgehead atoms. The maximum atomic E-state index is 12.5. The Morgan fingerprint density at radius 2 is 1.87 bits per heavy atom. The molecular formula is C19H14N8O4. The summed E-state index contributed by atoms with van der Waals surface area (Å²) in [6.07, 6.45) is 3.01. The Morgan fingerprint density at radius 3 is 2.61 bits per heavy atom. The fraction of sp³-hybridized carbons (Fsp3) is 0.0526. The molecule has 0 aliphatic rings. The SMILES string of the molecule is O=C(O)Cn1cc2c(nc(NC(=O)Nc3ccccc3)n3nc(-c4ccco4)nc23)n1. The summed E-state index contributed by atoms with van der Waals surface area (Å²) in [5, 5.41) is 23.4. The van der Waals surface area contributed by atoms with Crippen LogP contribution in [0.4, 0.5) is 16.4 Å². The van der Waals surface area contributed by atoms with Gasteiger partial charge < -0.3 is 14.8 Å². The number of aromatic nitrogens is 6. The molecule has 4 aromatic heterocycles. The fourth-order valence-corrected chi connectivity index (χ4v) is 3.03. The average Bonchev–Trinajstić information content (AvgIpc) is 3.47. The Morgan fingerprint density at radius 1 is 1.03 bits per heavy atom. The third-order valence-electron chi connectivity index (χ3n) is 4.30. The van der Waals surface area contributed by atoms with Gasteiger partial charge >= 0.3 is 12.0 Å². The van der Waals surface area contributed by atoms with Crippen molar-refractivity contribution in [3.05, 3.63) is 54.9 Å². The topological polar surface area (TPSA) is 152 Å². The van der Waals surface area contributed by atoms with Gasteiger partial charge in [-0.15, -0.1) is 5.10 Å². The van der Waals surface area contributed by atoms with Gasteiger partial charge in [0.2, 0.25) is 11.8 Å². The molecule has 0 fully saturated rings. The van der Waals surface area contributed by atoms with Crippen LogP contribution in [-0.4, -0.2) is 46.5 Å². The first-order chi connectivity index (χ1) is 15.1. The summed E-state index contributed by atoms with van der Waals surface area (Å²) in [6, 6.07) is 11.8. The molecule has 154 valence electrons. The Kier molecular flexibility index (Phi) is 4.28. The summed E-state index contributed by atoms with van der Waals surface area (Å²) < 4.78 is 7.94. The number of amides is 2. The van der Waals surface area contributed by atoms with Crippen LogP contribution in [0.3, 0.4) is 0 Å². The van der Waals surface area contributed by atoms with E-state index in [9.17, 15) is 9.59 Å². The van der Waals surface area contributed by atoms with Gasteiger partial charge in [-0.2, -0.15) is 14.6 Å². The Hall–Kier alpha value is -4.74. The van der Waals surface area contributed by atoms with E-state index in [4.69, 9.17) is 9.52 Å². The van der Waals surface area contributed by atoms with Crippen molar-refractivity contribution in [1.29, 1.82) is 0 Å². The van der Waals surface area contributed by atoms with E-state index in [1.54, 1.807) is 36.4 Å². The van der Waals surface area contributed by atoms with Crippen LogP contribution in [0.25, 0.3) is 28.3 Å². The maximum absolute atomic E-state index is 12.5. The zero-order chi connectivity index (χ0) is 21.4. The van der Waals surface area contributed by atoms with Gasteiger partial charge in [0.25, 0.3) is 0 Å². The highest BCUT2D eigenvalue weighted by atomic mass is 16.4. The predicted molar refractivity (Wildman–Crippen MR) is 108 cm³/mol. The van der Waals surface area contributed by atoms with Crippen LogP contribution in [0, 0.1) is 0 Å². The van der Waals surface area contributed by atoms with E-state index in [-0.39, 0.29) is 24.0 Å². The van der Waals surface area contributed by atoms with Crippen LogP contribution in [0.5, 0.6) is 0 Å². The van der Waals surface area contributed by atoms with Gasteiger partial charge in [0.1, 0.15) is 6.54 Å². The number of carbonyl (C=O) groups is 2. The molecule has 1 aromatic carbocycles. The molecule has 0 spiro atoms. The van der Waals surface area contributed by atoms with Crippen molar-refractivity contribution in [2.24, 2.45) is 0 Å². The molecule has 12 heteroatoms. The molecule has 0 radical (unpaired) electrons. The highest BCUT2D eigenvalue weighted by Crippen LogP contribution is 2.24. The van der Waals surface area contributed by atoms with E-state index in [0.717, 1.165) is 0 Å². The summed E-state index contributed by atoms with van der Waals surface area (Å²) in [5.74, 6) is -0.296. The number of carboxylic acids is 1. The number of hydrogen-bond acceptors (Lipinski definition) is 7. The third-order valence-corrected chi connectivity index (χ3v) is 4.30. The van der Waals surface area contributed by atoms with E-state index in [1.165, 1.54) is 21.7 Å². The van der Waals surface area contributed by atoms with Gasteiger partial charge in [0, 0.05) is 11.9 Å². The number of nitrogens with one attached hydrogen (secondary N) is 2. The van der Waals surface area contributed by atoms with Crippen molar-refractivity contribution in [3.8, 4) is 11.6 Å². The molecule has 0 aliphatic heterocycles. The molecule has 3 N–H and O–H groups in total. The summed E-state index contributed by atoms with van der Waals surface area (Å²) in [4.78, 5) is 32.4. The van der Waals surface area contributed by atoms with E-state index in [0.29, 0.717) is 22.5 Å². The van der Waals surface area contributed by atoms with Gasteiger partial charge in [-0.05, 0) is 24.3 Å². The first-order valence-corrected chi connectivity index (χ1v) is 9.09. The molecule has 0 saturated heterocycles. The smallest absolute Gasteiger partial charge is 0.326 e. The largest absolute Gasteiger partial charge is 0.480 e. The summed E-state index contributed by atoms with van der Waals surface area (Å²) >= 11 is 0. The molecule has 31 heavy (non-hydrogen) atoms. The minimum Gasteiger partial charge on any atom is -0.480 e. The minimum absolute atomic E-state index is 0.0572. The second-order valence-electron chi connectivity index (χ2n) is 6.49. The number of carboxylic acid groups (broad SMARTS) is 1. The Bertz CT molecular complexity index is 1410. The number of fused-ring (bicyclic) bond motifs is 3. The highest BCUT2D eigenvalue weighted by molar-refractivity contribution is 6.00. The molecule has 2 amide bonds. The highest BCUT2D eigenvalue weighted by Gasteiger charge is 2.20. The van der Waals surface area contributed by atoms with Gasteiger partial charge in [-0.3, -0.25) is 14.8 Å². The molecule has 4 heterocycles. The number of carbonyl (C=O) groups excluding carboxylic acids is 1. The summed E-state index contributed by atoms with van der Waals surface area (Å²) in [7, 11) is 0. The fourth-order valence-electron chi connectivity index (χ4n) is 3.03. The first-order valence-electron chi connectivity index (χ1n) is 9.09. The van der Waals surface area contributed by atoms with Gasteiger partial charge in [-0.25, -0.2) is 9.78 Å². The Balaban J connectivity index is 1.59. The second kappa shape index (κ2) is 7.26. The normalized spacial score (nSPS) is 11.1. The molecule has 12 nitrogen and oxygen atoms in total. The molecule has 0 unspecified atom stereocenters. The molecule has 0 atom stereocenters. The predicted octanol–water partition coefficient (Wildman–Crippen LogP) is 2.46. The van der Waals surface area contributed by atoms with Crippen LogP contribution < -0.4 is 10.6 Å². The zero-order valence-corrected chi connectivity index (χ0v) is 15.8. The molecular weight excluding hydrogens is 404 g/mol. The molecule has 5 rings (SSSR count). The number of furan rings is 1. The van der Waals surface area contributed by atoms with Crippen molar-refractivity contribution in [2.45, 2.75) is 6.54 Å². The number of hydrogen-bond donors (Lipinski definition) is 3. The summed E-state index contributed by atoms with van der Waals surface area (Å²) in [5.41, 5.74) is 1.14. The lowest BCUT2D eigenvalue weighted by Crippen LogP contribution is -2.22. The first kappa shape index (κ1) is 18.3. The van der Waals surface area contributed by atoms with Crippen molar-refractivity contribution in [2.75, 3.05) is 10.6 Å². The Labute approximate surface area is 173 Å². The lowest BCUT2D eigenvalue weighted by atomic mass is 10.3. The van der Waals surface area contributed by atoms with Crippen molar-refractivity contribution < 1.29 is 19.1 Å². The minimum atomic E-state index is -1.05. The number of urea groups is 1. The lowest BCUT2D eigenvalue weighted by molar-refractivity contribution is -0.137. The third kappa shape index (κ3) is 3.53. The number of anilines is 2. The van der Waals surface area contributed by atoms with Crippen LogP contribution in [-0.2, 0) is 11.3 Å². The van der Waals surface area contributed by atoms with Crippen LogP contribution in [0.2, 0.25) is 0 Å². The van der Waals surface area contributed by atoms with E-state index in [1.807, 2.05) is 6.07 Å². The molecule has 0 aliphatic carbocycles. The van der Waals surface area contributed by atoms with Crippen molar-refractivity contribution in [1.82, 2.24) is 29.4 Å². The standard InChI is InChI=1S/C19H14N8O4/c28-14(29)10-26-9-12-15(24-26)22-18(23-19(30)20-11-5-2-1-3-6-11)27-17(12)21-16(25-27)13-7-4-8-31-13/h1-9H,10H2,(H,28,29)(H2,20,22,23,24,30). The van der Waals surface area contributed by atoms with Gasteiger partial charge in [0.15, 0.2) is 17.1 Å². The second-order valence-corrected chi connectivity index (χ2v) is 6.49. The van der Waals surface area contributed by atoms with Gasteiger partial charge in [-0.1, -0.05) is 18.2 Å². The monoisotopic (exact) mass is 418 g/mol. The van der Waals surface area contributed by atoms with Crippen molar-refractivity contribution in [3.63, 3.8) is 0 Å². The zero-order valence-electron chi connectivity index (χ0n) is 15.8. The quantitative estimate of drug-likeness (QED) is 0.393. The number of nitrogens with zero attached hydrogens (tertiary/aromatic N) is 6. The van der Waals surface area contributed by atoms with Crippen LogP contribution in [0.15, 0.2) is 59.3 Å².